The first-order chi connectivity index (χ1) is 10.5. The molecule has 1 aliphatic heterocycles. The highest BCUT2D eigenvalue weighted by Crippen LogP contribution is 2.27. The van der Waals surface area contributed by atoms with Crippen LogP contribution in [-0.4, -0.2) is 38.8 Å². The maximum atomic E-state index is 12.7. The van der Waals surface area contributed by atoms with E-state index in [9.17, 15) is 9.59 Å². The molecule has 1 N–H and O–H groups in total. The van der Waals surface area contributed by atoms with Crippen molar-refractivity contribution in [2.45, 2.75) is 32.6 Å². The largest absolute Gasteiger partial charge is 0.345 e. The molecule has 116 valence electrons. The van der Waals surface area contributed by atoms with Crippen LogP contribution in [0.15, 0.2) is 17.1 Å². The molecule has 1 saturated heterocycles. The minimum Gasteiger partial charge on any atom is -0.337 e. The van der Waals surface area contributed by atoms with Crippen molar-refractivity contribution in [1.29, 1.82) is 0 Å². The third-order valence-electron chi connectivity index (χ3n) is 3.94. The molecule has 1 atom stereocenters. The van der Waals surface area contributed by atoms with E-state index in [1.54, 1.807) is 0 Å². The number of aryl methyl sites for hydroxylation is 2. The van der Waals surface area contributed by atoms with Crippen LogP contribution in [0.5, 0.6) is 0 Å². The first kappa shape index (κ1) is 14.9. The Bertz CT molecular complexity index is 752. The zero-order valence-electron chi connectivity index (χ0n) is 12.6. The van der Waals surface area contributed by atoms with E-state index in [1.165, 1.54) is 17.5 Å². The molecule has 0 aliphatic carbocycles. The number of rotatable bonds is 2. The van der Waals surface area contributed by atoms with E-state index in [2.05, 4.69) is 15.0 Å². The van der Waals surface area contributed by atoms with Crippen LogP contribution >= 0.6 is 11.3 Å². The van der Waals surface area contributed by atoms with Gasteiger partial charge in [0.2, 0.25) is 0 Å². The van der Waals surface area contributed by atoms with Crippen LogP contribution in [0.2, 0.25) is 0 Å². The Balaban J connectivity index is 1.80. The Hall–Kier alpha value is -2.02. The molecule has 1 fully saturated rings. The number of H-pyrrole nitrogens is 1. The highest BCUT2D eigenvalue weighted by Gasteiger charge is 2.28. The number of aromatic nitrogens is 3. The van der Waals surface area contributed by atoms with Crippen molar-refractivity contribution in [2.75, 3.05) is 13.1 Å². The summed E-state index contributed by atoms with van der Waals surface area (Å²) in [5.41, 5.74) is 1.32. The van der Waals surface area contributed by atoms with E-state index >= 15 is 0 Å². The third-order valence-corrected chi connectivity index (χ3v) is 5.00. The lowest BCUT2D eigenvalue weighted by molar-refractivity contribution is 0.0710. The highest BCUT2D eigenvalue weighted by atomic mass is 32.1. The Kier molecular flexibility index (Phi) is 4.06. The fraction of sp³-hybridized carbons (Fsp3) is 0.467. The highest BCUT2D eigenvalue weighted by molar-refractivity contribution is 7.13. The zero-order valence-corrected chi connectivity index (χ0v) is 13.4. The summed E-state index contributed by atoms with van der Waals surface area (Å²) >= 11 is 1.45. The van der Waals surface area contributed by atoms with Crippen LogP contribution < -0.4 is 5.69 Å². The van der Waals surface area contributed by atoms with Gasteiger partial charge >= 0.3 is 5.69 Å². The first-order valence-electron chi connectivity index (χ1n) is 7.33. The summed E-state index contributed by atoms with van der Waals surface area (Å²) in [7, 11) is 0. The lowest BCUT2D eigenvalue weighted by Crippen LogP contribution is -2.39. The molecule has 1 aliphatic rings. The summed E-state index contributed by atoms with van der Waals surface area (Å²) < 4.78 is 0. The predicted octanol–water partition coefficient (Wildman–Crippen LogP) is 1.86. The number of nitrogens with zero attached hydrogens (tertiary/aromatic N) is 3. The van der Waals surface area contributed by atoms with E-state index in [1.807, 2.05) is 24.8 Å². The molecular weight excluding hydrogens is 300 g/mol. The summed E-state index contributed by atoms with van der Waals surface area (Å²) in [4.78, 5) is 37.4. The fourth-order valence-electron chi connectivity index (χ4n) is 2.91. The van der Waals surface area contributed by atoms with Gasteiger partial charge in [0.1, 0.15) is 4.88 Å². The molecule has 7 heteroatoms. The van der Waals surface area contributed by atoms with Gasteiger partial charge in [-0.1, -0.05) is 0 Å². The third kappa shape index (κ3) is 2.94. The molecule has 0 saturated carbocycles. The number of likely N-dealkylation sites (tertiary alicyclic amines) is 1. The predicted molar refractivity (Wildman–Crippen MR) is 84.3 cm³/mol. The standard InChI is InChI=1S/C15H18N4O2S/c1-9-13(22-10(2)17-9)14(20)19-7-3-4-11(8-19)12-5-6-16-15(21)18-12/h5-6,11H,3-4,7-8H2,1-2H3,(H,16,18,21). The molecular formula is C15H18N4O2S. The van der Waals surface area contributed by atoms with Crippen molar-refractivity contribution in [3.63, 3.8) is 0 Å². The monoisotopic (exact) mass is 318 g/mol. The van der Waals surface area contributed by atoms with Crippen LogP contribution in [0.3, 0.4) is 0 Å². The lowest BCUT2D eigenvalue weighted by Gasteiger charge is -2.32. The maximum absolute atomic E-state index is 12.7. The van der Waals surface area contributed by atoms with Crippen LogP contribution in [0.4, 0.5) is 0 Å². The smallest absolute Gasteiger partial charge is 0.337 e. The SMILES string of the molecule is Cc1nc(C)c(C(=O)N2CCCC(c3ccnc(=O)[nH]3)C2)s1. The van der Waals surface area contributed by atoms with E-state index in [4.69, 9.17) is 0 Å². The molecule has 1 amide bonds. The van der Waals surface area contributed by atoms with Gasteiger partial charge in [-0.3, -0.25) is 4.79 Å². The summed E-state index contributed by atoms with van der Waals surface area (Å²) in [5.74, 6) is 0.201. The van der Waals surface area contributed by atoms with Crippen molar-refractivity contribution in [2.24, 2.45) is 0 Å². The average molecular weight is 318 g/mol. The summed E-state index contributed by atoms with van der Waals surface area (Å²) in [6.45, 7) is 5.16. The van der Waals surface area contributed by atoms with Gasteiger partial charge in [0.15, 0.2) is 0 Å². The number of carbonyl (C=O) groups is 1. The van der Waals surface area contributed by atoms with Crippen molar-refractivity contribution in [1.82, 2.24) is 19.9 Å². The van der Waals surface area contributed by atoms with Crippen LogP contribution in [0, 0.1) is 13.8 Å². The summed E-state index contributed by atoms with van der Waals surface area (Å²) in [6.07, 6.45) is 3.41. The summed E-state index contributed by atoms with van der Waals surface area (Å²) in [5, 5.41) is 0.910. The van der Waals surface area contributed by atoms with E-state index in [-0.39, 0.29) is 17.5 Å². The number of amides is 1. The van der Waals surface area contributed by atoms with Crippen LogP contribution in [0.1, 0.15) is 44.8 Å². The molecule has 22 heavy (non-hydrogen) atoms. The van der Waals surface area contributed by atoms with Crippen molar-refractivity contribution in [3.8, 4) is 0 Å². The second-order valence-corrected chi connectivity index (χ2v) is 6.77. The molecule has 3 heterocycles. The Morgan fingerprint density at radius 2 is 2.27 bits per heavy atom. The van der Waals surface area contributed by atoms with E-state index < -0.39 is 0 Å². The number of hydrogen-bond acceptors (Lipinski definition) is 5. The van der Waals surface area contributed by atoms with Gasteiger partial charge in [-0.05, 0) is 32.8 Å². The molecule has 0 bridgehead atoms. The van der Waals surface area contributed by atoms with E-state index in [0.717, 1.165) is 40.7 Å². The molecule has 0 spiro atoms. The number of thiazole rings is 1. The number of piperidine rings is 1. The lowest BCUT2D eigenvalue weighted by atomic mass is 9.94. The number of carbonyl (C=O) groups excluding carboxylic acids is 1. The molecule has 0 aromatic carbocycles. The van der Waals surface area contributed by atoms with Crippen LogP contribution in [-0.2, 0) is 0 Å². The van der Waals surface area contributed by atoms with Gasteiger partial charge in [-0.25, -0.2) is 14.8 Å². The second-order valence-electron chi connectivity index (χ2n) is 5.57. The molecule has 2 aromatic rings. The minimum absolute atomic E-state index is 0.0456. The molecule has 0 radical (unpaired) electrons. The molecule has 3 rings (SSSR count). The fourth-order valence-corrected chi connectivity index (χ4v) is 3.80. The minimum atomic E-state index is -0.338. The molecule has 6 nitrogen and oxygen atoms in total. The van der Waals surface area contributed by atoms with Gasteiger partial charge in [-0.15, -0.1) is 11.3 Å². The van der Waals surface area contributed by atoms with Gasteiger partial charge in [0, 0.05) is 30.9 Å². The average Bonchev–Trinajstić information content (AvgIpc) is 2.85. The van der Waals surface area contributed by atoms with Crippen molar-refractivity contribution < 1.29 is 4.79 Å². The quantitative estimate of drug-likeness (QED) is 0.916. The van der Waals surface area contributed by atoms with Gasteiger partial charge in [0.05, 0.1) is 10.7 Å². The van der Waals surface area contributed by atoms with Crippen molar-refractivity contribution >= 4 is 17.2 Å². The summed E-state index contributed by atoms with van der Waals surface area (Å²) in [6, 6.07) is 1.82. The Morgan fingerprint density at radius 1 is 1.45 bits per heavy atom. The number of nitrogens with one attached hydrogen (secondary N) is 1. The Morgan fingerprint density at radius 3 is 2.95 bits per heavy atom. The topological polar surface area (TPSA) is 79.0 Å². The first-order valence-corrected chi connectivity index (χ1v) is 8.15. The van der Waals surface area contributed by atoms with Gasteiger partial charge in [0.25, 0.3) is 5.91 Å². The van der Waals surface area contributed by atoms with Crippen molar-refractivity contribution in [3.05, 3.63) is 44.0 Å². The van der Waals surface area contributed by atoms with Crippen LogP contribution in [0.25, 0.3) is 0 Å². The normalized spacial score (nSPS) is 18.5. The zero-order chi connectivity index (χ0) is 15.7. The van der Waals surface area contributed by atoms with E-state index in [0.29, 0.717) is 6.54 Å². The second kappa shape index (κ2) is 6.00. The van der Waals surface area contributed by atoms with Gasteiger partial charge < -0.3 is 9.88 Å². The maximum Gasteiger partial charge on any atom is 0.345 e. The number of hydrogen-bond donors (Lipinski definition) is 1. The molecule has 1 unspecified atom stereocenters. The molecule has 2 aromatic heterocycles. The number of aromatic amines is 1. The van der Waals surface area contributed by atoms with Gasteiger partial charge in [-0.2, -0.15) is 0 Å². The Labute approximate surface area is 132 Å².